The van der Waals surface area contributed by atoms with Gasteiger partial charge in [-0.2, -0.15) is 18.4 Å². The number of hydrogen-bond acceptors (Lipinski definition) is 8. The van der Waals surface area contributed by atoms with Gasteiger partial charge in [0, 0.05) is 0 Å². The Bertz CT molecular complexity index is 2000. The molecule has 1 aromatic heterocycles. The van der Waals surface area contributed by atoms with E-state index in [1.165, 1.54) is 24.3 Å². The molecule has 0 bridgehead atoms. The molecule has 1 saturated heterocycles. The van der Waals surface area contributed by atoms with Gasteiger partial charge in [-0.3, -0.25) is 9.52 Å². The molecule has 4 aromatic rings. The van der Waals surface area contributed by atoms with Crippen LogP contribution in [-0.4, -0.2) is 50.0 Å². The van der Waals surface area contributed by atoms with Gasteiger partial charge in [-0.15, -0.1) is 0 Å². The van der Waals surface area contributed by atoms with Crippen LogP contribution in [0.1, 0.15) is 40.2 Å². The Kier molecular flexibility index (Phi) is 9.95. The van der Waals surface area contributed by atoms with Gasteiger partial charge in [-0.05, 0) is 41.3 Å². The van der Waals surface area contributed by atoms with Crippen LogP contribution in [-0.2, 0) is 36.1 Å². The number of benzene rings is 3. The number of hydrogen-bond donors (Lipinski definition) is 4. The number of aromatic nitrogens is 2. The van der Waals surface area contributed by atoms with Crippen molar-refractivity contribution in [2.45, 2.75) is 35.2 Å². The van der Waals surface area contributed by atoms with Crippen molar-refractivity contribution in [3.8, 4) is 17.3 Å². The second-order valence-corrected chi connectivity index (χ2v) is 13.4. The van der Waals surface area contributed by atoms with Crippen LogP contribution in [0.25, 0.3) is 11.3 Å². The SMILES string of the molecule is N#Cc1cc(C[C@H](NS(=O)(=O)c2ccccc2)c2ncc(-c3ccccc3)[nH]2)ccc1C1CC(=O)NS1(=O)=O.O=C(O)C(F)(F)F. The maximum absolute atomic E-state index is 13.2. The standard InChI is InChI=1S/C27H23N5O5S2.C2HF3O2/c28-16-20-13-18(11-12-22(20)25-15-26(33)32-39(25,36)37)14-23(31-38(34,35)21-9-5-2-6-10-21)27-29-17-24(30-27)19-7-3-1-4-8-19;3-2(4,5)1(6)7/h1-13,17,23,25,31H,14-15H2,(H,29,30)(H,32,33);(H,6,7)/t23-,25?;/m0./s1. The zero-order chi connectivity index (χ0) is 33.7. The van der Waals surface area contributed by atoms with Crippen molar-refractivity contribution in [2.75, 3.05) is 0 Å². The number of halogens is 3. The topological polar surface area (TPSA) is 199 Å². The van der Waals surface area contributed by atoms with Gasteiger partial charge in [-0.1, -0.05) is 60.7 Å². The van der Waals surface area contributed by atoms with Crippen LogP contribution in [0.15, 0.2) is 90.0 Å². The Balaban J connectivity index is 0.000000617. The molecule has 0 radical (unpaired) electrons. The summed E-state index contributed by atoms with van der Waals surface area (Å²) >= 11 is 0. The average Bonchev–Trinajstić information content (AvgIpc) is 3.61. The van der Waals surface area contributed by atoms with Gasteiger partial charge in [0.1, 0.15) is 11.1 Å². The van der Waals surface area contributed by atoms with Gasteiger partial charge in [0.15, 0.2) is 0 Å². The minimum atomic E-state index is -5.08. The van der Waals surface area contributed by atoms with Crippen LogP contribution >= 0.6 is 0 Å². The number of carbonyl (C=O) groups excluding carboxylic acids is 1. The predicted octanol–water partition coefficient (Wildman–Crippen LogP) is 3.73. The first kappa shape index (κ1) is 33.8. The van der Waals surface area contributed by atoms with Crippen LogP contribution in [0.4, 0.5) is 13.2 Å². The van der Waals surface area contributed by atoms with E-state index in [2.05, 4.69) is 14.7 Å². The number of imidazole rings is 1. The molecule has 3 aromatic carbocycles. The number of carbonyl (C=O) groups is 2. The second kappa shape index (κ2) is 13.5. The first-order chi connectivity index (χ1) is 21.6. The zero-order valence-electron chi connectivity index (χ0n) is 23.4. The lowest BCUT2D eigenvalue weighted by Crippen LogP contribution is -2.31. The molecule has 1 amide bonds. The summed E-state index contributed by atoms with van der Waals surface area (Å²) in [5.41, 5.74) is 2.45. The van der Waals surface area contributed by atoms with E-state index in [1.807, 2.05) is 41.1 Å². The molecule has 46 heavy (non-hydrogen) atoms. The van der Waals surface area contributed by atoms with Crippen molar-refractivity contribution in [3.63, 3.8) is 0 Å². The molecule has 1 fully saturated rings. The third kappa shape index (κ3) is 8.15. The number of rotatable bonds is 8. The lowest BCUT2D eigenvalue weighted by atomic mass is 9.97. The third-order valence-corrected chi connectivity index (χ3v) is 9.80. The van der Waals surface area contributed by atoms with Crippen molar-refractivity contribution >= 4 is 31.9 Å². The molecule has 2 heterocycles. The average molecular weight is 676 g/mol. The maximum atomic E-state index is 13.2. The van der Waals surface area contributed by atoms with Crippen molar-refractivity contribution < 1.29 is 44.7 Å². The second-order valence-electron chi connectivity index (χ2n) is 9.84. The fraction of sp³-hybridized carbons (Fsp3) is 0.172. The lowest BCUT2D eigenvalue weighted by molar-refractivity contribution is -0.192. The molecule has 4 N–H and O–H groups in total. The number of amides is 1. The lowest BCUT2D eigenvalue weighted by Gasteiger charge is -2.18. The number of nitrogens with zero attached hydrogens (tertiary/aromatic N) is 2. The summed E-state index contributed by atoms with van der Waals surface area (Å²) in [7, 11) is -7.88. The van der Waals surface area contributed by atoms with Gasteiger partial charge in [0.05, 0.1) is 40.9 Å². The number of nitrogens with one attached hydrogen (secondary N) is 3. The highest BCUT2D eigenvalue weighted by molar-refractivity contribution is 7.90. The molecule has 0 aliphatic carbocycles. The van der Waals surface area contributed by atoms with Gasteiger partial charge in [-0.25, -0.2) is 31.3 Å². The summed E-state index contributed by atoms with van der Waals surface area (Å²) in [6, 6.07) is 23.2. The Hall–Kier alpha value is -5.05. The molecule has 17 heteroatoms. The Morgan fingerprint density at radius 3 is 2.24 bits per heavy atom. The number of aromatic amines is 1. The summed E-state index contributed by atoms with van der Waals surface area (Å²) in [6.45, 7) is 0. The fourth-order valence-electron chi connectivity index (χ4n) is 4.50. The van der Waals surface area contributed by atoms with Crippen molar-refractivity contribution in [1.82, 2.24) is 19.4 Å². The van der Waals surface area contributed by atoms with Gasteiger partial charge in [0.25, 0.3) is 0 Å². The van der Waals surface area contributed by atoms with E-state index in [4.69, 9.17) is 9.90 Å². The molecule has 240 valence electrons. The van der Waals surface area contributed by atoms with Gasteiger partial charge < -0.3 is 10.1 Å². The normalized spacial score (nSPS) is 16.4. The molecular formula is C29H24F3N5O7S2. The van der Waals surface area contributed by atoms with Crippen molar-refractivity contribution in [2.24, 2.45) is 0 Å². The van der Waals surface area contributed by atoms with E-state index in [1.54, 1.807) is 30.5 Å². The van der Waals surface area contributed by atoms with E-state index < -0.39 is 49.4 Å². The summed E-state index contributed by atoms with van der Waals surface area (Å²) in [6.07, 6.45) is -3.63. The van der Waals surface area contributed by atoms with E-state index >= 15 is 0 Å². The molecule has 12 nitrogen and oxygen atoms in total. The molecule has 1 unspecified atom stereocenters. The summed E-state index contributed by atoms with van der Waals surface area (Å²) in [5.74, 6) is -3.02. The highest BCUT2D eigenvalue weighted by atomic mass is 32.2. The zero-order valence-corrected chi connectivity index (χ0v) is 25.0. The first-order valence-corrected chi connectivity index (χ1v) is 16.2. The highest BCUT2D eigenvalue weighted by Crippen LogP contribution is 2.33. The number of aliphatic carboxylic acids is 1. The smallest absolute Gasteiger partial charge is 0.475 e. The van der Waals surface area contributed by atoms with Crippen LogP contribution in [0.3, 0.4) is 0 Å². The summed E-state index contributed by atoms with van der Waals surface area (Å²) in [4.78, 5) is 28.3. The van der Waals surface area contributed by atoms with Crippen molar-refractivity contribution in [3.05, 3.63) is 108 Å². The third-order valence-electron chi connectivity index (χ3n) is 6.63. The Morgan fingerprint density at radius 1 is 1.09 bits per heavy atom. The number of nitriles is 1. The minimum Gasteiger partial charge on any atom is -0.475 e. The van der Waals surface area contributed by atoms with Crippen LogP contribution in [0.5, 0.6) is 0 Å². The molecular weight excluding hydrogens is 651 g/mol. The minimum absolute atomic E-state index is 0.0847. The molecule has 1 aliphatic rings. The fourth-order valence-corrected chi connectivity index (χ4v) is 7.17. The molecule has 0 spiro atoms. The van der Waals surface area contributed by atoms with Gasteiger partial charge in [0.2, 0.25) is 26.0 Å². The predicted molar refractivity (Wildman–Crippen MR) is 157 cm³/mol. The van der Waals surface area contributed by atoms with Crippen LogP contribution in [0, 0.1) is 11.3 Å². The molecule has 0 saturated carbocycles. The largest absolute Gasteiger partial charge is 0.490 e. The molecule has 2 atom stereocenters. The van der Waals surface area contributed by atoms with E-state index in [-0.39, 0.29) is 28.9 Å². The van der Waals surface area contributed by atoms with E-state index in [0.717, 1.165) is 5.56 Å². The molecule has 1 aliphatic heterocycles. The highest BCUT2D eigenvalue weighted by Gasteiger charge is 2.39. The van der Waals surface area contributed by atoms with Crippen molar-refractivity contribution in [1.29, 1.82) is 5.26 Å². The quantitative estimate of drug-likeness (QED) is 0.215. The van der Waals surface area contributed by atoms with Crippen LogP contribution < -0.4 is 9.44 Å². The first-order valence-electron chi connectivity index (χ1n) is 13.2. The summed E-state index contributed by atoms with van der Waals surface area (Å²) in [5, 5.41) is 15.7. The Labute approximate surface area is 261 Å². The number of sulfonamides is 2. The summed E-state index contributed by atoms with van der Waals surface area (Å²) < 4.78 is 87.6. The van der Waals surface area contributed by atoms with Gasteiger partial charge >= 0.3 is 12.1 Å². The van der Waals surface area contributed by atoms with E-state index in [9.17, 15) is 40.1 Å². The maximum Gasteiger partial charge on any atom is 0.490 e. The number of carboxylic acids is 1. The number of carboxylic acid groups (broad SMARTS) is 1. The molecule has 5 rings (SSSR count). The number of alkyl halides is 3. The van der Waals surface area contributed by atoms with E-state index in [0.29, 0.717) is 17.1 Å². The Morgan fingerprint density at radius 2 is 1.70 bits per heavy atom. The van der Waals surface area contributed by atoms with Crippen LogP contribution in [0.2, 0.25) is 0 Å². The number of H-pyrrole nitrogens is 1. The monoisotopic (exact) mass is 675 g/mol.